The minimum absolute atomic E-state index is 0. The standard InChI is InChI=1S/C23H31O7P.Li.H/c1-5-27-12-14-29-17-10-11-21(20(16-17)30-15-13-28-6-2)31-23(24)22-18(25-3)8-7-9-19(22)26-4;;/h7-11,16,31H,5-6,12-15H2,1-4H3;;. The van der Waals surface area contributed by atoms with Gasteiger partial charge in [0.2, 0.25) is 0 Å². The molecule has 9 heteroatoms. The predicted molar refractivity (Wildman–Crippen MR) is 129 cm³/mol. The van der Waals surface area contributed by atoms with Gasteiger partial charge in [0.25, 0.3) is 0 Å². The van der Waals surface area contributed by atoms with Gasteiger partial charge < -0.3 is 28.4 Å². The van der Waals surface area contributed by atoms with Gasteiger partial charge in [-0.3, -0.25) is 4.79 Å². The Labute approximate surface area is 204 Å². The first kappa shape index (κ1) is 28.3. The number of hydrogen-bond donors (Lipinski definition) is 0. The average Bonchev–Trinajstić information content (AvgIpc) is 2.80. The summed E-state index contributed by atoms with van der Waals surface area (Å²) in [5, 5.41) is 0.770. The number of rotatable bonds is 15. The SMILES string of the molecule is CCOCCOc1ccc(PC(=O)c2c(OC)cccc2OC)c(OCCOCC)c1.[LiH]. The van der Waals surface area contributed by atoms with Crippen LogP contribution in [0.15, 0.2) is 36.4 Å². The van der Waals surface area contributed by atoms with Gasteiger partial charge in [-0.2, -0.15) is 0 Å². The second kappa shape index (κ2) is 16.0. The predicted octanol–water partition coefficient (Wildman–Crippen LogP) is 3.03. The molecule has 2 aromatic carbocycles. The van der Waals surface area contributed by atoms with Crippen molar-refractivity contribution in [2.45, 2.75) is 13.8 Å². The topological polar surface area (TPSA) is 72.5 Å². The van der Waals surface area contributed by atoms with Crippen LogP contribution in [0.1, 0.15) is 24.2 Å². The van der Waals surface area contributed by atoms with Crippen LogP contribution in [0.3, 0.4) is 0 Å². The van der Waals surface area contributed by atoms with Gasteiger partial charge >= 0.3 is 18.9 Å². The van der Waals surface area contributed by atoms with Crippen molar-refractivity contribution in [1.29, 1.82) is 0 Å². The van der Waals surface area contributed by atoms with Gasteiger partial charge in [-0.1, -0.05) is 6.07 Å². The monoisotopic (exact) mass is 458 g/mol. The number of benzene rings is 2. The van der Waals surface area contributed by atoms with E-state index in [1.165, 1.54) is 14.2 Å². The van der Waals surface area contributed by atoms with Gasteiger partial charge in [-0.15, -0.1) is 0 Å². The molecule has 0 N–H and O–H groups in total. The zero-order valence-electron chi connectivity index (χ0n) is 18.6. The molecule has 1 unspecified atom stereocenters. The molecule has 0 aliphatic heterocycles. The maximum absolute atomic E-state index is 13.2. The molecule has 172 valence electrons. The average molecular weight is 458 g/mol. The molecule has 0 radical (unpaired) electrons. The van der Waals surface area contributed by atoms with Crippen molar-refractivity contribution < 1.29 is 33.2 Å². The summed E-state index contributed by atoms with van der Waals surface area (Å²) in [7, 11) is 2.89. The molecule has 0 amide bonds. The summed E-state index contributed by atoms with van der Waals surface area (Å²) in [6.45, 7) is 6.90. The Morgan fingerprint density at radius 2 is 1.41 bits per heavy atom. The number of carbonyl (C=O) groups is 1. The fourth-order valence-electron chi connectivity index (χ4n) is 2.79. The van der Waals surface area contributed by atoms with Crippen molar-refractivity contribution in [1.82, 2.24) is 0 Å². The molecule has 0 bridgehead atoms. The molecule has 0 spiro atoms. The Morgan fingerprint density at radius 3 is 1.97 bits per heavy atom. The molecule has 1 atom stereocenters. The molecule has 0 saturated heterocycles. The Hall–Kier alpha value is -1.74. The number of carbonyl (C=O) groups excluding carboxylic acids is 1. The van der Waals surface area contributed by atoms with Gasteiger partial charge in [0, 0.05) is 24.6 Å². The molecule has 0 aliphatic carbocycles. The van der Waals surface area contributed by atoms with E-state index in [1.807, 2.05) is 26.0 Å². The summed E-state index contributed by atoms with van der Waals surface area (Å²) >= 11 is 0. The molecule has 32 heavy (non-hydrogen) atoms. The van der Waals surface area contributed by atoms with Gasteiger partial charge in [-0.25, -0.2) is 0 Å². The maximum atomic E-state index is 13.2. The quantitative estimate of drug-likeness (QED) is 0.231. The molecule has 2 rings (SSSR count). The molecule has 2 aromatic rings. The zero-order chi connectivity index (χ0) is 22.5. The van der Waals surface area contributed by atoms with Gasteiger partial charge in [-0.05, 0) is 46.7 Å². The van der Waals surface area contributed by atoms with E-state index in [1.54, 1.807) is 24.3 Å². The summed E-state index contributed by atoms with van der Waals surface area (Å²) in [5.41, 5.74) is 0.317. The first-order chi connectivity index (χ1) is 15.1. The number of hydrogen-bond acceptors (Lipinski definition) is 7. The molecule has 0 heterocycles. The third-order valence-corrected chi connectivity index (χ3v) is 5.41. The van der Waals surface area contributed by atoms with Crippen molar-refractivity contribution in [3.8, 4) is 23.0 Å². The van der Waals surface area contributed by atoms with Gasteiger partial charge in [0.15, 0.2) is 5.52 Å². The normalized spacial score (nSPS) is 10.6. The van der Waals surface area contributed by atoms with E-state index in [9.17, 15) is 4.79 Å². The van der Waals surface area contributed by atoms with Crippen molar-refractivity contribution in [3.63, 3.8) is 0 Å². The summed E-state index contributed by atoms with van der Waals surface area (Å²) in [6, 6.07) is 10.8. The molecule has 0 fully saturated rings. The second-order valence-corrected chi connectivity index (χ2v) is 7.48. The van der Waals surface area contributed by atoms with E-state index in [0.717, 1.165) is 5.30 Å². The molecular formula is C23H32LiO7P. The molecule has 7 nitrogen and oxygen atoms in total. The van der Waals surface area contributed by atoms with Crippen LogP contribution in [0.4, 0.5) is 0 Å². The van der Waals surface area contributed by atoms with Crippen LogP contribution in [-0.2, 0) is 9.47 Å². The Balaban J connectivity index is 0.00000512. The fourth-order valence-corrected chi connectivity index (χ4v) is 3.84. The first-order valence-corrected chi connectivity index (χ1v) is 11.2. The van der Waals surface area contributed by atoms with Crippen molar-refractivity contribution in [2.24, 2.45) is 0 Å². The minimum atomic E-state index is -0.181. The Kier molecular flexibility index (Phi) is 14.1. The number of methoxy groups -OCH3 is 2. The van der Waals surface area contributed by atoms with E-state index in [2.05, 4.69) is 0 Å². The first-order valence-electron chi connectivity index (χ1n) is 10.2. The van der Waals surface area contributed by atoms with Gasteiger partial charge in [0.05, 0.1) is 27.4 Å². The van der Waals surface area contributed by atoms with Crippen molar-refractivity contribution in [2.75, 3.05) is 53.9 Å². The summed E-state index contributed by atoms with van der Waals surface area (Å²) in [4.78, 5) is 13.2. The molecular weight excluding hydrogens is 426 g/mol. The van der Waals surface area contributed by atoms with Crippen LogP contribution in [0.2, 0.25) is 0 Å². The zero-order valence-corrected chi connectivity index (χ0v) is 19.6. The van der Waals surface area contributed by atoms with Crippen molar-refractivity contribution in [3.05, 3.63) is 42.0 Å². The van der Waals surface area contributed by atoms with Crippen LogP contribution in [-0.4, -0.2) is 78.2 Å². The third kappa shape index (κ3) is 8.65. The van der Waals surface area contributed by atoms with Crippen molar-refractivity contribution >= 4 is 38.3 Å². The fraction of sp³-hybridized carbons (Fsp3) is 0.435. The number of ether oxygens (including phenoxy) is 6. The van der Waals surface area contributed by atoms with Crippen LogP contribution < -0.4 is 24.3 Å². The summed E-state index contributed by atoms with van der Waals surface area (Å²) in [6.07, 6.45) is 0. The Bertz CT molecular complexity index is 810. The summed E-state index contributed by atoms with van der Waals surface area (Å²) < 4.78 is 33.1. The van der Waals surface area contributed by atoms with E-state index < -0.39 is 0 Å². The molecule has 0 aliphatic rings. The van der Waals surface area contributed by atoms with Crippen LogP contribution >= 0.6 is 8.58 Å². The van der Waals surface area contributed by atoms with E-state index in [-0.39, 0.29) is 33.0 Å². The summed E-state index contributed by atoms with van der Waals surface area (Å²) in [5.74, 6) is 2.20. The van der Waals surface area contributed by atoms with E-state index >= 15 is 0 Å². The third-order valence-electron chi connectivity index (χ3n) is 4.25. The van der Waals surface area contributed by atoms with E-state index in [4.69, 9.17) is 28.4 Å². The molecule has 0 saturated carbocycles. The molecule has 0 aromatic heterocycles. The van der Waals surface area contributed by atoms with Crippen LogP contribution in [0.25, 0.3) is 0 Å². The van der Waals surface area contributed by atoms with Crippen LogP contribution in [0.5, 0.6) is 23.0 Å². The van der Waals surface area contributed by atoms with Crippen LogP contribution in [0, 0.1) is 0 Å². The second-order valence-electron chi connectivity index (χ2n) is 6.24. The van der Waals surface area contributed by atoms with Gasteiger partial charge in [0.1, 0.15) is 41.8 Å². The van der Waals surface area contributed by atoms with E-state index in [0.29, 0.717) is 68.2 Å². The Morgan fingerprint density at radius 1 is 0.812 bits per heavy atom.